The summed E-state index contributed by atoms with van der Waals surface area (Å²) < 4.78 is 10.3. The van der Waals surface area contributed by atoms with Crippen LogP contribution in [-0.2, 0) is 14.3 Å². The van der Waals surface area contributed by atoms with Gasteiger partial charge in [-0.05, 0) is 32.1 Å². The van der Waals surface area contributed by atoms with E-state index in [1.54, 1.807) is 0 Å². The normalized spacial score (nSPS) is 21.1. The summed E-state index contributed by atoms with van der Waals surface area (Å²) in [7, 11) is 0. The van der Waals surface area contributed by atoms with Crippen molar-refractivity contribution in [2.24, 2.45) is 5.41 Å². The summed E-state index contributed by atoms with van der Waals surface area (Å²) in [4.78, 5) is 11.4. The number of hydrogen-bond donors (Lipinski definition) is 0. The number of carbonyl (C=O) groups excluding carboxylic acids is 1. The van der Waals surface area contributed by atoms with Crippen molar-refractivity contribution >= 4 is 5.97 Å². The fraction of sp³-hybridized carbons (Fsp3) is 0.750. The third kappa shape index (κ3) is 3.67. The van der Waals surface area contributed by atoms with E-state index in [9.17, 15) is 4.79 Å². The van der Waals surface area contributed by atoms with E-state index in [4.69, 9.17) is 9.47 Å². The summed E-state index contributed by atoms with van der Waals surface area (Å²) in [6.07, 6.45) is 3.99. The van der Waals surface area contributed by atoms with E-state index in [1.165, 1.54) is 0 Å². The number of ether oxygens (including phenoxy) is 2. The first-order valence-electron chi connectivity index (χ1n) is 5.52. The monoisotopic (exact) mass is 212 g/mol. The molecule has 0 amide bonds. The van der Waals surface area contributed by atoms with Gasteiger partial charge in [0.05, 0.1) is 6.61 Å². The zero-order valence-electron chi connectivity index (χ0n) is 9.84. The summed E-state index contributed by atoms with van der Waals surface area (Å²) in [5.41, 5.74) is 0.802. The van der Waals surface area contributed by atoms with Crippen LogP contribution < -0.4 is 0 Å². The smallest absolute Gasteiger partial charge is 0.333 e. The van der Waals surface area contributed by atoms with Gasteiger partial charge in [-0.2, -0.15) is 0 Å². The minimum absolute atomic E-state index is 0.0924. The number of carbonyl (C=O) groups is 1. The van der Waals surface area contributed by atoms with Crippen LogP contribution in [0.2, 0.25) is 0 Å². The highest BCUT2D eigenvalue weighted by Gasteiger charge is 2.26. The van der Waals surface area contributed by atoms with E-state index >= 15 is 0 Å². The lowest BCUT2D eigenvalue weighted by atomic mass is 9.81. The van der Waals surface area contributed by atoms with Crippen LogP contribution in [0.1, 0.15) is 33.6 Å². The molecule has 0 bridgehead atoms. The third-order valence-corrected chi connectivity index (χ3v) is 2.80. The van der Waals surface area contributed by atoms with Crippen LogP contribution >= 0.6 is 0 Å². The predicted molar refractivity (Wildman–Crippen MR) is 58.6 cm³/mol. The van der Waals surface area contributed by atoms with Gasteiger partial charge in [-0.1, -0.05) is 13.0 Å². The van der Waals surface area contributed by atoms with Gasteiger partial charge in [-0.3, -0.25) is 0 Å². The van der Waals surface area contributed by atoms with Gasteiger partial charge in [-0.15, -0.1) is 0 Å². The quantitative estimate of drug-likeness (QED) is 0.532. The average Bonchev–Trinajstić information content (AvgIpc) is 2.18. The molecule has 3 heteroatoms. The summed E-state index contributed by atoms with van der Waals surface area (Å²) in [6, 6.07) is 0. The molecule has 0 aromatic rings. The molecule has 0 saturated carbocycles. The minimum atomic E-state index is -0.204. The van der Waals surface area contributed by atoms with Crippen LogP contribution in [0.15, 0.2) is 11.6 Å². The molecule has 1 saturated heterocycles. The van der Waals surface area contributed by atoms with Gasteiger partial charge in [0.1, 0.15) is 0 Å². The third-order valence-electron chi connectivity index (χ3n) is 2.80. The number of allylic oxidation sites excluding steroid dienone is 1. The van der Waals surface area contributed by atoms with Crippen molar-refractivity contribution in [1.29, 1.82) is 0 Å². The van der Waals surface area contributed by atoms with Crippen molar-refractivity contribution in [3.8, 4) is 0 Å². The summed E-state index contributed by atoms with van der Waals surface area (Å²) in [6.45, 7) is 7.80. The first-order chi connectivity index (χ1) is 7.07. The standard InChI is InChI=1S/C12H20O3/c1-4-15-11(13)10(2)9-12(3)5-7-14-8-6-12/h9H,4-8H2,1-3H3/b10-9+. The molecule has 86 valence electrons. The molecule has 1 fully saturated rings. The maximum atomic E-state index is 11.4. The number of rotatable bonds is 3. The van der Waals surface area contributed by atoms with E-state index in [0.29, 0.717) is 12.2 Å². The molecule has 0 radical (unpaired) electrons. The van der Waals surface area contributed by atoms with Crippen molar-refractivity contribution in [3.05, 3.63) is 11.6 Å². The fourth-order valence-corrected chi connectivity index (χ4v) is 1.81. The van der Waals surface area contributed by atoms with Gasteiger partial charge in [0.15, 0.2) is 0 Å². The molecule has 1 rings (SSSR count). The summed E-state index contributed by atoms with van der Waals surface area (Å²) >= 11 is 0. The zero-order chi connectivity index (χ0) is 11.3. The lowest BCUT2D eigenvalue weighted by molar-refractivity contribution is -0.138. The van der Waals surface area contributed by atoms with Crippen molar-refractivity contribution in [2.75, 3.05) is 19.8 Å². The van der Waals surface area contributed by atoms with Crippen LogP contribution in [0.3, 0.4) is 0 Å². The van der Waals surface area contributed by atoms with Crippen LogP contribution in [0.25, 0.3) is 0 Å². The van der Waals surface area contributed by atoms with Gasteiger partial charge in [-0.25, -0.2) is 4.79 Å². The molecule has 15 heavy (non-hydrogen) atoms. The van der Waals surface area contributed by atoms with Gasteiger partial charge in [0.25, 0.3) is 0 Å². The maximum absolute atomic E-state index is 11.4. The fourth-order valence-electron chi connectivity index (χ4n) is 1.81. The van der Waals surface area contributed by atoms with Crippen LogP contribution in [-0.4, -0.2) is 25.8 Å². The Morgan fingerprint density at radius 3 is 2.60 bits per heavy atom. The van der Waals surface area contributed by atoms with Gasteiger partial charge >= 0.3 is 5.97 Å². The Morgan fingerprint density at radius 1 is 1.47 bits per heavy atom. The Bertz CT molecular complexity index is 250. The molecule has 0 atom stereocenters. The Morgan fingerprint density at radius 2 is 2.07 bits per heavy atom. The Kier molecular flexibility index (Phi) is 4.33. The Hall–Kier alpha value is -0.830. The van der Waals surface area contributed by atoms with Crippen LogP contribution in [0.5, 0.6) is 0 Å². The first kappa shape index (κ1) is 12.2. The largest absolute Gasteiger partial charge is 0.463 e. The first-order valence-corrected chi connectivity index (χ1v) is 5.52. The highest BCUT2D eigenvalue weighted by Crippen LogP contribution is 2.32. The van der Waals surface area contributed by atoms with E-state index < -0.39 is 0 Å². The second-order valence-corrected chi connectivity index (χ2v) is 4.31. The number of esters is 1. The van der Waals surface area contributed by atoms with Crippen molar-refractivity contribution in [3.63, 3.8) is 0 Å². The van der Waals surface area contributed by atoms with Crippen molar-refractivity contribution in [1.82, 2.24) is 0 Å². The molecule has 1 aliphatic heterocycles. The highest BCUT2D eigenvalue weighted by molar-refractivity contribution is 5.87. The van der Waals surface area contributed by atoms with E-state index in [2.05, 4.69) is 6.92 Å². The van der Waals surface area contributed by atoms with Crippen LogP contribution in [0, 0.1) is 5.41 Å². The predicted octanol–water partition coefficient (Wildman–Crippen LogP) is 2.31. The number of hydrogen-bond acceptors (Lipinski definition) is 3. The molecule has 0 aromatic heterocycles. The molecule has 1 heterocycles. The molecule has 1 aliphatic rings. The highest BCUT2D eigenvalue weighted by atomic mass is 16.5. The molecule has 3 nitrogen and oxygen atoms in total. The van der Waals surface area contributed by atoms with Crippen molar-refractivity contribution < 1.29 is 14.3 Å². The zero-order valence-corrected chi connectivity index (χ0v) is 9.84. The molecular formula is C12H20O3. The van der Waals surface area contributed by atoms with Crippen molar-refractivity contribution in [2.45, 2.75) is 33.6 Å². The SMILES string of the molecule is CCOC(=O)/C(C)=C/C1(C)CCOCC1. The lowest BCUT2D eigenvalue weighted by Crippen LogP contribution is -2.25. The second-order valence-electron chi connectivity index (χ2n) is 4.31. The molecule has 0 aliphatic carbocycles. The van der Waals surface area contributed by atoms with E-state index in [0.717, 1.165) is 26.1 Å². The molecule has 0 spiro atoms. The molecular weight excluding hydrogens is 192 g/mol. The molecule has 0 aromatic carbocycles. The second kappa shape index (κ2) is 5.31. The van der Waals surface area contributed by atoms with E-state index in [-0.39, 0.29) is 11.4 Å². The average molecular weight is 212 g/mol. The maximum Gasteiger partial charge on any atom is 0.333 e. The van der Waals surface area contributed by atoms with Crippen LogP contribution in [0.4, 0.5) is 0 Å². The summed E-state index contributed by atoms with van der Waals surface area (Å²) in [5.74, 6) is -0.204. The van der Waals surface area contributed by atoms with Gasteiger partial charge < -0.3 is 9.47 Å². The summed E-state index contributed by atoms with van der Waals surface area (Å²) in [5, 5.41) is 0. The van der Waals surface area contributed by atoms with Gasteiger partial charge in [0, 0.05) is 18.8 Å². The van der Waals surface area contributed by atoms with Gasteiger partial charge in [0.2, 0.25) is 0 Å². The molecule has 0 unspecified atom stereocenters. The topological polar surface area (TPSA) is 35.5 Å². The molecule has 0 N–H and O–H groups in total. The Labute approximate surface area is 91.4 Å². The minimum Gasteiger partial charge on any atom is -0.463 e. The lowest BCUT2D eigenvalue weighted by Gasteiger charge is -2.30. The Balaban J connectivity index is 2.63. The van der Waals surface area contributed by atoms with E-state index in [1.807, 2.05) is 19.9 Å².